The molecule has 2 heteroatoms. The topological polar surface area (TPSA) is 18.5 Å². The Morgan fingerprint density at radius 3 is 2.93 bits per heavy atom. The molecular weight excluding hydrogens is 176 g/mol. The first kappa shape index (κ1) is 9.53. The van der Waals surface area contributed by atoms with Gasteiger partial charge in [0, 0.05) is 0 Å². The Balaban J connectivity index is 1.68. The highest BCUT2D eigenvalue weighted by atomic mass is 16.7. The van der Waals surface area contributed by atoms with Crippen molar-refractivity contribution in [2.24, 2.45) is 5.92 Å². The number of benzene rings is 1. The second-order valence-electron chi connectivity index (χ2n) is 3.89. The third kappa shape index (κ3) is 3.04. The summed E-state index contributed by atoms with van der Waals surface area (Å²) in [7, 11) is 0. The van der Waals surface area contributed by atoms with Gasteiger partial charge in [0.15, 0.2) is 6.79 Å². The van der Waals surface area contributed by atoms with E-state index in [1.807, 2.05) is 18.2 Å². The number of rotatable bonds is 5. The van der Waals surface area contributed by atoms with Crippen molar-refractivity contribution in [3.05, 3.63) is 29.8 Å². The molecule has 0 aromatic heterocycles. The number of hydrogen-bond donors (Lipinski definition) is 0. The zero-order valence-corrected chi connectivity index (χ0v) is 8.53. The van der Waals surface area contributed by atoms with E-state index in [2.05, 4.69) is 13.0 Å². The fourth-order valence-electron chi connectivity index (χ4n) is 1.31. The van der Waals surface area contributed by atoms with E-state index >= 15 is 0 Å². The Morgan fingerprint density at radius 1 is 1.36 bits per heavy atom. The van der Waals surface area contributed by atoms with Crippen molar-refractivity contribution >= 4 is 0 Å². The van der Waals surface area contributed by atoms with Crippen LogP contribution in [0.4, 0.5) is 0 Å². The SMILES string of the molecule is Cc1cccc(OCOCC2CC2)c1. The van der Waals surface area contributed by atoms with Gasteiger partial charge in [-0.2, -0.15) is 0 Å². The standard InChI is InChI=1S/C12H16O2/c1-10-3-2-4-12(7-10)14-9-13-8-11-5-6-11/h2-4,7,11H,5-6,8-9H2,1H3. The van der Waals surface area contributed by atoms with E-state index in [-0.39, 0.29) is 0 Å². The molecular formula is C12H16O2. The first-order chi connectivity index (χ1) is 6.84. The summed E-state index contributed by atoms with van der Waals surface area (Å²) < 4.78 is 10.8. The highest BCUT2D eigenvalue weighted by Crippen LogP contribution is 2.28. The van der Waals surface area contributed by atoms with E-state index in [0.717, 1.165) is 18.3 Å². The van der Waals surface area contributed by atoms with Gasteiger partial charge in [-0.15, -0.1) is 0 Å². The van der Waals surface area contributed by atoms with Crippen LogP contribution in [-0.2, 0) is 4.74 Å². The minimum absolute atomic E-state index is 0.375. The molecule has 1 aliphatic rings. The Morgan fingerprint density at radius 2 is 2.21 bits per heavy atom. The van der Waals surface area contributed by atoms with E-state index in [0.29, 0.717) is 6.79 Å². The van der Waals surface area contributed by atoms with Crippen LogP contribution in [0.5, 0.6) is 5.75 Å². The molecule has 14 heavy (non-hydrogen) atoms. The lowest BCUT2D eigenvalue weighted by Gasteiger charge is -2.06. The highest BCUT2D eigenvalue weighted by molar-refractivity contribution is 5.27. The maximum atomic E-state index is 5.44. The first-order valence-corrected chi connectivity index (χ1v) is 5.12. The second kappa shape index (κ2) is 4.47. The first-order valence-electron chi connectivity index (χ1n) is 5.12. The van der Waals surface area contributed by atoms with Gasteiger partial charge >= 0.3 is 0 Å². The van der Waals surface area contributed by atoms with Gasteiger partial charge in [-0.3, -0.25) is 0 Å². The Labute approximate surface area is 84.8 Å². The van der Waals surface area contributed by atoms with Crippen molar-refractivity contribution in [3.63, 3.8) is 0 Å². The van der Waals surface area contributed by atoms with E-state index in [4.69, 9.17) is 9.47 Å². The van der Waals surface area contributed by atoms with Crippen LogP contribution in [0.15, 0.2) is 24.3 Å². The van der Waals surface area contributed by atoms with Gasteiger partial charge in [-0.05, 0) is 43.4 Å². The van der Waals surface area contributed by atoms with Gasteiger partial charge < -0.3 is 9.47 Å². The van der Waals surface area contributed by atoms with Gasteiger partial charge in [0.1, 0.15) is 5.75 Å². The molecule has 1 aromatic carbocycles. The van der Waals surface area contributed by atoms with Crippen molar-refractivity contribution < 1.29 is 9.47 Å². The normalized spacial score (nSPS) is 15.5. The molecule has 0 atom stereocenters. The molecule has 2 nitrogen and oxygen atoms in total. The quantitative estimate of drug-likeness (QED) is 0.527. The minimum atomic E-state index is 0.375. The smallest absolute Gasteiger partial charge is 0.189 e. The summed E-state index contributed by atoms with van der Waals surface area (Å²) in [6, 6.07) is 8.01. The molecule has 0 amide bonds. The molecule has 0 saturated heterocycles. The van der Waals surface area contributed by atoms with Crippen LogP contribution in [0.25, 0.3) is 0 Å². The predicted octanol–water partition coefficient (Wildman–Crippen LogP) is 2.76. The summed E-state index contributed by atoms with van der Waals surface area (Å²) in [5, 5.41) is 0. The summed E-state index contributed by atoms with van der Waals surface area (Å²) in [5.41, 5.74) is 1.21. The number of ether oxygens (including phenoxy) is 2. The lowest BCUT2D eigenvalue weighted by Crippen LogP contribution is -2.05. The van der Waals surface area contributed by atoms with Gasteiger partial charge in [0.25, 0.3) is 0 Å². The molecule has 1 fully saturated rings. The van der Waals surface area contributed by atoms with Crippen molar-refractivity contribution in [2.45, 2.75) is 19.8 Å². The maximum Gasteiger partial charge on any atom is 0.189 e. The van der Waals surface area contributed by atoms with Crippen LogP contribution in [0, 0.1) is 12.8 Å². The molecule has 76 valence electrons. The molecule has 1 saturated carbocycles. The lowest BCUT2D eigenvalue weighted by atomic mass is 10.2. The van der Waals surface area contributed by atoms with E-state index in [1.54, 1.807) is 0 Å². The summed E-state index contributed by atoms with van der Waals surface area (Å²) >= 11 is 0. The summed E-state index contributed by atoms with van der Waals surface area (Å²) in [6.07, 6.45) is 2.65. The van der Waals surface area contributed by atoms with Gasteiger partial charge in [-0.1, -0.05) is 12.1 Å². The molecule has 0 unspecified atom stereocenters. The molecule has 0 radical (unpaired) electrons. The van der Waals surface area contributed by atoms with Gasteiger partial charge in [0.05, 0.1) is 6.61 Å². The molecule has 2 rings (SSSR count). The zero-order valence-electron chi connectivity index (χ0n) is 8.53. The van der Waals surface area contributed by atoms with E-state index in [1.165, 1.54) is 18.4 Å². The van der Waals surface area contributed by atoms with Gasteiger partial charge in [-0.25, -0.2) is 0 Å². The minimum Gasteiger partial charge on any atom is -0.468 e. The fourth-order valence-corrected chi connectivity index (χ4v) is 1.31. The molecule has 0 heterocycles. The van der Waals surface area contributed by atoms with Crippen molar-refractivity contribution in [3.8, 4) is 5.75 Å². The van der Waals surface area contributed by atoms with Crippen molar-refractivity contribution in [1.29, 1.82) is 0 Å². The summed E-state index contributed by atoms with van der Waals surface area (Å²) in [6.45, 7) is 3.28. The molecule has 0 aliphatic heterocycles. The predicted molar refractivity (Wildman–Crippen MR) is 55.4 cm³/mol. The third-order valence-corrected chi connectivity index (χ3v) is 2.35. The van der Waals surface area contributed by atoms with Crippen LogP contribution in [-0.4, -0.2) is 13.4 Å². The van der Waals surface area contributed by atoms with Crippen LogP contribution < -0.4 is 4.74 Å². The van der Waals surface area contributed by atoms with Gasteiger partial charge in [0.2, 0.25) is 0 Å². The molecule has 1 aliphatic carbocycles. The number of hydrogen-bond acceptors (Lipinski definition) is 2. The Kier molecular flexibility index (Phi) is 3.04. The van der Waals surface area contributed by atoms with Crippen molar-refractivity contribution in [2.75, 3.05) is 13.4 Å². The average molecular weight is 192 g/mol. The molecule has 0 N–H and O–H groups in total. The van der Waals surface area contributed by atoms with Crippen LogP contribution in [0.3, 0.4) is 0 Å². The van der Waals surface area contributed by atoms with E-state index < -0.39 is 0 Å². The fraction of sp³-hybridized carbons (Fsp3) is 0.500. The summed E-state index contributed by atoms with van der Waals surface area (Å²) in [5.74, 6) is 1.69. The van der Waals surface area contributed by atoms with Crippen LogP contribution >= 0.6 is 0 Å². The van der Waals surface area contributed by atoms with Crippen molar-refractivity contribution in [1.82, 2.24) is 0 Å². The zero-order chi connectivity index (χ0) is 9.80. The van der Waals surface area contributed by atoms with Crippen LogP contribution in [0.2, 0.25) is 0 Å². The summed E-state index contributed by atoms with van der Waals surface area (Å²) in [4.78, 5) is 0. The average Bonchev–Trinajstić information content (AvgIpc) is 2.96. The van der Waals surface area contributed by atoms with Crippen LogP contribution in [0.1, 0.15) is 18.4 Å². The molecule has 0 bridgehead atoms. The second-order valence-corrected chi connectivity index (χ2v) is 3.89. The molecule has 1 aromatic rings. The highest BCUT2D eigenvalue weighted by Gasteiger charge is 2.20. The largest absolute Gasteiger partial charge is 0.468 e. The monoisotopic (exact) mass is 192 g/mol. The molecule has 0 spiro atoms. The maximum absolute atomic E-state index is 5.44. The third-order valence-electron chi connectivity index (χ3n) is 2.35. The van der Waals surface area contributed by atoms with E-state index in [9.17, 15) is 0 Å². The Hall–Kier alpha value is -1.02. The Bertz CT molecular complexity index is 292. The number of aryl methyl sites for hydroxylation is 1. The lowest BCUT2D eigenvalue weighted by molar-refractivity contribution is 0.00996.